The van der Waals surface area contributed by atoms with Gasteiger partial charge in [0, 0.05) is 38.3 Å². The number of nitrogens with one attached hydrogen (secondary N) is 1. The standard InChI is InChI=1S/C12H16N4O2/c13-11(17)9-15-5-1-10(2-6-15)12(18)16-7-3-14-4-8-16/h1-2,5-6,14H,3-4,7-9H2,(H-,13,17)/p+1. The third-order valence-electron chi connectivity index (χ3n) is 2.88. The topological polar surface area (TPSA) is 79.3 Å². The van der Waals surface area contributed by atoms with Crippen LogP contribution in [-0.4, -0.2) is 42.9 Å². The van der Waals surface area contributed by atoms with E-state index >= 15 is 0 Å². The second-order valence-corrected chi connectivity index (χ2v) is 4.27. The molecule has 0 spiro atoms. The van der Waals surface area contributed by atoms with Gasteiger partial charge in [0.05, 0.1) is 5.56 Å². The first-order valence-corrected chi connectivity index (χ1v) is 5.94. The maximum atomic E-state index is 12.1. The molecule has 0 unspecified atom stereocenters. The minimum absolute atomic E-state index is 0.0303. The van der Waals surface area contributed by atoms with Crippen LogP contribution in [0.3, 0.4) is 0 Å². The Hall–Kier alpha value is -1.95. The normalized spacial score (nSPS) is 15.4. The number of primary amides is 1. The molecule has 0 atom stereocenters. The maximum absolute atomic E-state index is 12.1. The molecule has 0 aliphatic carbocycles. The summed E-state index contributed by atoms with van der Waals surface area (Å²) >= 11 is 0. The van der Waals surface area contributed by atoms with Gasteiger partial charge >= 0.3 is 0 Å². The first-order valence-electron chi connectivity index (χ1n) is 5.94. The molecule has 6 heteroatoms. The Kier molecular flexibility index (Phi) is 3.88. The molecule has 18 heavy (non-hydrogen) atoms. The van der Waals surface area contributed by atoms with E-state index in [4.69, 9.17) is 5.73 Å². The van der Waals surface area contributed by atoms with Crippen LogP contribution < -0.4 is 15.6 Å². The first-order chi connectivity index (χ1) is 8.66. The quantitative estimate of drug-likeness (QED) is 0.640. The van der Waals surface area contributed by atoms with Gasteiger partial charge in [0.25, 0.3) is 11.8 Å². The van der Waals surface area contributed by atoms with Crippen molar-refractivity contribution >= 4 is 11.8 Å². The molecular weight excluding hydrogens is 232 g/mol. The van der Waals surface area contributed by atoms with E-state index in [0.717, 1.165) is 26.2 Å². The molecule has 0 saturated carbocycles. The van der Waals surface area contributed by atoms with Gasteiger partial charge in [-0.05, 0) is 0 Å². The van der Waals surface area contributed by atoms with Crippen molar-refractivity contribution in [2.75, 3.05) is 26.2 Å². The highest BCUT2D eigenvalue weighted by Crippen LogP contribution is 2.03. The lowest BCUT2D eigenvalue weighted by Crippen LogP contribution is -2.46. The number of hydrogen-bond acceptors (Lipinski definition) is 3. The predicted molar refractivity (Wildman–Crippen MR) is 64.6 cm³/mol. The van der Waals surface area contributed by atoms with Gasteiger partial charge in [-0.3, -0.25) is 9.59 Å². The van der Waals surface area contributed by atoms with Crippen molar-refractivity contribution in [2.45, 2.75) is 6.54 Å². The maximum Gasteiger partial charge on any atom is 0.283 e. The monoisotopic (exact) mass is 249 g/mol. The van der Waals surface area contributed by atoms with Gasteiger partial charge < -0.3 is 16.0 Å². The van der Waals surface area contributed by atoms with Crippen molar-refractivity contribution < 1.29 is 14.2 Å². The van der Waals surface area contributed by atoms with Crippen LogP contribution in [0.2, 0.25) is 0 Å². The Morgan fingerprint density at radius 1 is 1.28 bits per heavy atom. The van der Waals surface area contributed by atoms with Crippen LogP contribution in [0.15, 0.2) is 24.5 Å². The average Bonchev–Trinajstić information content (AvgIpc) is 2.39. The highest BCUT2D eigenvalue weighted by Gasteiger charge is 2.18. The van der Waals surface area contributed by atoms with Crippen molar-refractivity contribution in [1.82, 2.24) is 10.2 Å². The van der Waals surface area contributed by atoms with E-state index in [-0.39, 0.29) is 12.5 Å². The largest absolute Gasteiger partial charge is 0.364 e. The summed E-state index contributed by atoms with van der Waals surface area (Å²) in [5.41, 5.74) is 5.73. The highest BCUT2D eigenvalue weighted by atomic mass is 16.2. The van der Waals surface area contributed by atoms with Crippen molar-refractivity contribution in [3.05, 3.63) is 30.1 Å². The lowest BCUT2D eigenvalue weighted by molar-refractivity contribution is -0.684. The molecule has 0 aromatic carbocycles. The fraction of sp³-hybridized carbons (Fsp3) is 0.417. The number of hydrogen-bond donors (Lipinski definition) is 2. The zero-order valence-corrected chi connectivity index (χ0v) is 10.1. The SMILES string of the molecule is NC(=O)C[n+]1ccc(C(=O)N2CCNCC2)cc1. The predicted octanol–water partition coefficient (Wildman–Crippen LogP) is -1.50. The van der Waals surface area contributed by atoms with E-state index in [1.807, 2.05) is 4.90 Å². The lowest BCUT2D eigenvalue weighted by atomic mass is 10.2. The fourth-order valence-electron chi connectivity index (χ4n) is 1.94. The molecule has 1 fully saturated rings. The highest BCUT2D eigenvalue weighted by molar-refractivity contribution is 5.94. The molecule has 1 aromatic heterocycles. The molecule has 3 N–H and O–H groups in total. The zero-order valence-electron chi connectivity index (χ0n) is 10.1. The van der Waals surface area contributed by atoms with Gasteiger partial charge in [-0.2, -0.15) is 4.57 Å². The molecule has 2 rings (SSSR count). The minimum atomic E-state index is -0.402. The second kappa shape index (κ2) is 5.59. The van der Waals surface area contributed by atoms with Crippen LogP contribution in [0.1, 0.15) is 10.4 Å². The molecule has 6 nitrogen and oxygen atoms in total. The number of amides is 2. The number of nitrogens with zero attached hydrogens (tertiary/aromatic N) is 2. The zero-order chi connectivity index (χ0) is 13.0. The van der Waals surface area contributed by atoms with Crippen LogP contribution in [0.25, 0.3) is 0 Å². The number of nitrogens with two attached hydrogens (primary N) is 1. The third-order valence-corrected chi connectivity index (χ3v) is 2.88. The molecule has 96 valence electrons. The molecule has 2 heterocycles. The summed E-state index contributed by atoms with van der Waals surface area (Å²) in [7, 11) is 0. The van der Waals surface area contributed by atoms with E-state index in [1.165, 1.54) is 0 Å². The number of carbonyl (C=O) groups is 2. The molecule has 2 amide bonds. The van der Waals surface area contributed by atoms with Crippen molar-refractivity contribution in [2.24, 2.45) is 5.73 Å². The fourth-order valence-corrected chi connectivity index (χ4v) is 1.94. The molecule has 0 bridgehead atoms. The molecule has 1 saturated heterocycles. The number of piperazine rings is 1. The van der Waals surface area contributed by atoms with Crippen LogP contribution in [0, 0.1) is 0 Å². The molecular formula is C12H17N4O2+. The Labute approximate surface area is 105 Å². The van der Waals surface area contributed by atoms with Crippen LogP contribution >= 0.6 is 0 Å². The van der Waals surface area contributed by atoms with Crippen molar-refractivity contribution in [3.63, 3.8) is 0 Å². The Morgan fingerprint density at radius 3 is 2.44 bits per heavy atom. The Bertz CT molecular complexity index is 438. The van der Waals surface area contributed by atoms with Gasteiger partial charge in [-0.15, -0.1) is 0 Å². The van der Waals surface area contributed by atoms with Gasteiger partial charge in [0.1, 0.15) is 0 Å². The minimum Gasteiger partial charge on any atom is -0.364 e. The smallest absolute Gasteiger partial charge is 0.283 e. The van der Waals surface area contributed by atoms with E-state index in [0.29, 0.717) is 5.56 Å². The van der Waals surface area contributed by atoms with Gasteiger partial charge in [-0.25, -0.2) is 0 Å². The van der Waals surface area contributed by atoms with E-state index in [1.54, 1.807) is 29.1 Å². The van der Waals surface area contributed by atoms with Crippen molar-refractivity contribution in [3.8, 4) is 0 Å². The van der Waals surface area contributed by atoms with Gasteiger partial charge in [-0.1, -0.05) is 0 Å². The molecule has 0 radical (unpaired) electrons. The number of pyridine rings is 1. The third kappa shape index (κ3) is 3.04. The summed E-state index contributed by atoms with van der Waals surface area (Å²) in [6.07, 6.45) is 3.39. The van der Waals surface area contributed by atoms with Crippen LogP contribution in [0.4, 0.5) is 0 Å². The van der Waals surface area contributed by atoms with Crippen molar-refractivity contribution in [1.29, 1.82) is 0 Å². The molecule has 1 aliphatic heterocycles. The summed E-state index contributed by atoms with van der Waals surface area (Å²) in [5, 5.41) is 3.20. The average molecular weight is 249 g/mol. The van der Waals surface area contributed by atoms with E-state index in [9.17, 15) is 9.59 Å². The molecule has 1 aromatic rings. The number of carbonyl (C=O) groups excluding carboxylic acids is 2. The van der Waals surface area contributed by atoms with E-state index < -0.39 is 5.91 Å². The Morgan fingerprint density at radius 2 is 1.89 bits per heavy atom. The summed E-state index contributed by atoms with van der Waals surface area (Å²) in [6.45, 7) is 3.26. The number of rotatable bonds is 3. The lowest BCUT2D eigenvalue weighted by Gasteiger charge is -2.27. The number of aromatic nitrogens is 1. The first kappa shape index (κ1) is 12.5. The Balaban J connectivity index is 2.04. The van der Waals surface area contributed by atoms with Gasteiger partial charge in [0.15, 0.2) is 12.4 Å². The summed E-state index contributed by atoms with van der Waals surface area (Å²) in [4.78, 5) is 24.7. The summed E-state index contributed by atoms with van der Waals surface area (Å²) in [5.74, 6) is -0.371. The summed E-state index contributed by atoms with van der Waals surface area (Å²) < 4.78 is 1.65. The summed E-state index contributed by atoms with van der Waals surface area (Å²) in [6, 6.07) is 3.43. The second-order valence-electron chi connectivity index (χ2n) is 4.27. The van der Waals surface area contributed by atoms with Gasteiger partial charge in [0.2, 0.25) is 6.54 Å². The van der Waals surface area contributed by atoms with E-state index in [2.05, 4.69) is 5.32 Å². The van der Waals surface area contributed by atoms with Crippen LogP contribution in [-0.2, 0) is 11.3 Å². The molecule has 1 aliphatic rings. The van der Waals surface area contributed by atoms with Crippen LogP contribution in [0.5, 0.6) is 0 Å².